The molecule has 1 unspecified atom stereocenters. The number of nitrogens with zero attached hydrogens (tertiary/aromatic N) is 2. The van der Waals surface area contributed by atoms with Crippen LogP contribution in [0.1, 0.15) is 84.4 Å². The molecule has 0 bridgehead atoms. The summed E-state index contributed by atoms with van der Waals surface area (Å²) in [5, 5.41) is 20.2. The molecule has 9 heteroatoms. The van der Waals surface area contributed by atoms with Crippen LogP contribution in [0, 0.1) is 19.7 Å². The van der Waals surface area contributed by atoms with Gasteiger partial charge in [-0.05, 0) is 94.0 Å². The van der Waals surface area contributed by atoms with Crippen molar-refractivity contribution in [2.24, 2.45) is 0 Å². The van der Waals surface area contributed by atoms with Crippen LogP contribution in [-0.2, 0) is 11.2 Å². The van der Waals surface area contributed by atoms with Crippen LogP contribution in [0.2, 0.25) is 0 Å². The molecule has 0 saturated carbocycles. The van der Waals surface area contributed by atoms with E-state index in [1.54, 1.807) is 56.0 Å². The van der Waals surface area contributed by atoms with Crippen molar-refractivity contribution in [3.8, 4) is 0 Å². The van der Waals surface area contributed by atoms with E-state index < -0.39 is 29.6 Å². The highest BCUT2D eigenvalue weighted by atomic mass is 19.1. The first-order valence-corrected chi connectivity index (χ1v) is 13.6. The second-order valence-electron chi connectivity index (χ2n) is 11.2. The highest BCUT2D eigenvalue weighted by molar-refractivity contribution is 5.98. The summed E-state index contributed by atoms with van der Waals surface area (Å²) in [5.74, 6) is -1.09. The molecule has 1 aromatic heterocycles. The van der Waals surface area contributed by atoms with E-state index in [4.69, 9.17) is 0 Å². The van der Waals surface area contributed by atoms with Crippen molar-refractivity contribution in [1.29, 1.82) is 0 Å². The average molecular weight is 549 g/mol. The van der Waals surface area contributed by atoms with Crippen molar-refractivity contribution in [2.75, 3.05) is 0 Å². The Balaban J connectivity index is 1.55. The lowest BCUT2D eigenvalue weighted by Gasteiger charge is -2.39. The van der Waals surface area contributed by atoms with Crippen LogP contribution in [-0.4, -0.2) is 49.7 Å². The van der Waals surface area contributed by atoms with E-state index in [-0.39, 0.29) is 17.3 Å². The van der Waals surface area contributed by atoms with Gasteiger partial charge in [0.15, 0.2) is 0 Å². The van der Waals surface area contributed by atoms with Crippen molar-refractivity contribution >= 4 is 11.8 Å². The molecule has 1 aliphatic heterocycles. The van der Waals surface area contributed by atoms with Crippen molar-refractivity contribution in [3.63, 3.8) is 0 Å². The number of H-pyrrole nitrogens is 1. The molecule has 1 saturated heterocycles. The largest absolute Gasteiger partial charge is 0.388 e. The topological polar surface area (TPSA) is 115 Å². The van der Waals surface area contributed by atoms with Gasteiger partial charge in [0.25, 0.3) is 11.5 Å². The molecule has 40 heavy (non-hydrogen) atoms. The number of amides is 2. The Hall–Kier alpha value is -3.85. The maximum Gasteiger partial charge on any atom is 0.267 e. The van der Waals surface area contributed by atoms with Gasteiger partial charge < -0.3 is 15.3 Å². The number of halogens is 1. The Morgan fingerprint density at radius 3 is 2.55 bits per heavy atom. The lowest BCUT2D eigenvalue weighted by Crippen LogP contribution is -2.55. The fraction of sp³-hybridized carbons (Fsp3) is 0.419. The van der Waals surface area contributed by atoms with Gasteiger partial charge in [0, 0.05) is 17.5 Å². The normalized spacial score (nSPS) is 18.0. The highest BCUT2D eigenvalue weighted by Crippen LogP contribution is 2.41. The molecular weight excluding hydrogens is 511 g/mol. The summed E-state index contributed by atoms with van der Waals surface area (Å²) >= 11 is 0. The first-order valence-electron chi connectivity index (χ1n) is 13.6. The molecule has 1 aliphatic rings. The average Bonchev–Trinajstić information content (AvgIpc) is 3.36. The van der Waals surface area contributed by atoms with Crippen molar-refractivity contribution in [3.05, 3.63) is 98.2 Å². The molecule has 0 radical (unpaired) electrons. The summed E-state index contributed by atoms with van der Waals surface area (Å²) in [5.41, 5.74) is 2.67. The smallest absolute Gasteiger partial charge is 0.267 e. The molecule has 0 aliphatic carbocycles. The highest BCUT2D eigenvalue weighted by Gasteiger charge is 2.46. The number of aromatic nitrogens is 2. The van der Waals surface area contributed by atoms with Crippen molar-refractivity contribution < 1.29 is 19.1 Å². The van der Waals surface area contributed by atoms with E-state index in [1.807, 2.05) is 19.9 Å². The molecule has 2 aromatic carbocycles. The van der Waals surface area contributed by atoms with Gasteiger partial charge in [0.2, 0.25) is 5.91 Å². The Bertz CT molecular complexity index is 1460. The third kappa shape index (κ3) is 6.31. The third-order valence-electron chi connectivity index (χ3n) is 7.69. The van der Waals surface area contributed by atoms with Gasteiger partial charge in [0.05, 0.1) is 23.4 Å². The van der Waals surface area contributed by atoms with E-state index >= 15 is 0 Å². The van der Waals surface area contributed by atoms with E-state index in [0.29, 0.717) is 48.1 Å². The Morgan fingerprint density at radius 1 is 1.15 bits per heavy atom. The summed E-state index contributed by atoms with van der Waals surface area (Å²) in [6.45, 7) is 8.82. The first kappa shape index (κ1) is 29.1. The van der Waals surface area contributed by atoms with Crippen LogP contribution in [0.15, 0.2) is 53.3 Å². The third-order valence-corrected chi connectivity index (χ3v) is 7.69. The molecule has 0 spiro atoms. The van der Waals surface area contributed by atoms with Crippen LogP contribution in [0.3, 0.4) is 0 Å². The maximum atomic E-state index is 14.1. The molecular formula is C31H37FN4O4. The fourth-order valence-electron chi connectivity index (χ4n) is 5.55. The zero-order chi connectivity index (χ0) is 29.2. The van der Waals surface area contributed by atoms with Crippen molar-refractivity contribution in [1.82, 2.24) is 20.4 Å². The van der Waals surface area contributed by atoms with Crippen molar-refractivity contribution in [2.45, 2.75) is 84.0 Å². The number of aromatic amines is 1. The standard InChI is InChI=1S/C31H37FN4O4/c1-6-25(30(39)36-26(12-13-27(36)31(4,5)40)21-8-7-9-24(32)17-21)33-28(37)22-11-10-20(18(2)14-22)16-23-15-19(3)34-35-29(23)38/h7-11,14-15,17,25-27,40H,6,12-13,16H2,1-5H3,(H,33,37)(H,35,38)/t25?,26-,27+/m0/s1. The summed E-state index contributed by atoms with van der Waals surface area (Å²) in [6.07, 6.45) is 1.88. The first-order chi connectivity index (χ1) is 18.9. The zero-order valence-electron chi connectivity index (χ0n) is 23.6. The van der Waals surface area contributed by atoms with Gasteiger partial charge in [-0.25, -0.2) is 9.49 Å². The van der Waals surface area contributed by atoms with Crippen LogP contribution in [0.25, 0.3) is 0 Å². The number of aryl methyl sites for hydroxylation is 2. The molecule has 1 fully saturated rings. The molecule has 2 heterocycles. The SMILES string of the molecule is CCC(NC(=O)c1ccc(Cc2cc(C)n[nH]c2=O)c(C)c1)C(=O)N1[C@H](c2cccc(F)c2)CC[C@@H]1C(C)(C)O. The number of benzene rings is 2. The quantitative estimate of drug-likeness (QED) is 0.392. The minimum Gasteiger partial charge on any atom is -0.388 e. The van der Waals surface area contributed by atoms with E-state index in [9.17, 15) is 23.9 Å². The van der Waals surface area contributed by atoms with Crippen LogP contribution in [0.5, 0.6) is 0 Å². The summed E-state index contributed by atoms with van der Waals surface area (Å²) in [7, 11) is 0. The van der Waals surface area contributed by atoms with E-state index in [0.717, 1.165) is 11.1 Å². The van der Waals surface area contributed by atoms with Gasteiger partial charge in [0.1, 0.15) is 11.9 Å². The van der Waals surface area contributed by atoms with Gasteiger partial charge >= 0.3 is 0 Å². The molecule has 4 rings (SSSR count). The summed E-state index contributed by atoms with van der Waals surface area (Å²) in [6, 6.07) is 11.4. The molecule has 212 valence electrons. The molecule has 3 aromatic rings. The molecule has 3 N–H and O–H groups in total. The number of nitrogens with one attached hydrogen (secondary N) is 2. The van der Waals surface area contributed by atoms with E-state index in [1.165, 1.54) is 12.1 Å². The number of aliphatic hydroxyl groups is 1. The number of rotatable bonds is 8. The molecule has 2 amide bonds. The number of carbonyl (C=O) groups is 2. The predicted octanol–water partition coefficient (Wildman–Crippen LogP) is 4.13. The number of hydrogen-bond donors (Lipinski definition) is 3. The van der Waals surface area contributed by atoms with Crippen LogP contribution < -0.4 is 10.9 Å². The van der Waals surface area contributed by atoms with Gasteiger partial charge in [-0.3, -0.25) is 14.4 Å². The summed E-state index contributed by atoms with van der Waals surface area (Å²) < 4.78 is 14.1. The molecule has 3 atom stereocenters. The molecule has 8 nitrogen and oxygen atoms in total. The Kier molecular flexibility index (Phi) is 8.54. The second kappa shape index (κ2) is 11.7. The van der Waals surface area contributed by atoms with E-state index in [2.05, 4.69) is 15.5 Å². The van der Waals surface area contributed by atoms with Crippen LogP contribution in [0.4, 0.5) is 4.39 Å². The van der Waals surface area contributed by atoms with Gasteiger partial charge in [-0.1, -0.05) is 25.1 Å². The number of carbonyl (C=O) groups excluding carboxylic acids is 2. The zero-order valence-corrected chi connectivity index (χ0v) is 23.6. The Labute approximate surface area is 233 Å². The van der Waals surface area contributed by atoms with Gasteiger partial charge in [-0.15, -0.1) is 0 Å². The minimum atomic E-state index is -1.18. The monoisotopic (exact) mass is 548 g/mol. The minimum absolute atomic E-state index is 0.251. The predicted molar refractivity (Wildman–Crippen MR) is 150 cm³/mol. The fourth-order valence-corrected chi connectivity index (χ4v) is 5.55. The van der Waals surface area contributed by atoms with Gasteiger partial charge in [-0.2, -0.15) is 5.10 Å². The Morgan fingerprint density at radius 2 is 1.90 bits per heavy atom. The lowest BCUT2D eigenvalue weighted by atomic mass is 9.96. The maximum absolute atomic E-state index is 14.1. The van der Waals surface area contributed by atoms with Crippen LogP contribution >= 0.6 is 0 Å². The number of likely N-dealkylation sites (tertiary alicyclic amines) is 1. The number of hydrogen-bond acceptors (Lipinski definition) is 5. The summed E-state index contributed by atoms with van der Waals surface area (Å²) in [4.78, 5) is 41.0. The second-order valence-corrected chi connectivity index (χ2v) is 11.2. The lowest BCUT2D eigenvalue weighted by molar-refractivity contribution is -0.141.